The van der Waals surface area contributed by atoms with Crippen LogP contribution in [0, 0.1) is 5.92 Å². The Bertz CT molecular complexity index is 543. The van der Waals surface area contributed by atoms with Crippen LogP contribution in [0.25, 0.3) is 0 Å². The summed E-state index contributed by atoms with van der Waals surface area (Å²) in [5, 5.41) is 5.66. The maximum Gasteiger partial charge on any atom is 0.315 e. The van der Waals surface area contributed by atoms with Crippen molar-refractivity contribution in [2.45, 2.75) is 33.2 Å². The Morgan fingerprint density at radius 1 is 1.35 bits per heavy atom. The second kappa shape index (κ2) is 7.85. The molecule has 1 aliphatic heterocycles. The molecule has 6 heteroatoms. The van der Waals surface area contributed by atoms with Crippen LogP contribution in [0.1, 0.15) is 27.2 Å². The van der Waals surface area contributed by atoms with E-state index >= 15 is 0 Å². The van der Waals surface area contributed by atoms with Gasteiger partial charge in [0.15, 0.2) is 0 Å². The standard InChI is InChI=1S/C17H25N3O3/c1-4-23-15-7-5-14(6-8-15)20-11-13(9-16(20)21)19-17(22)18-10-12(2)3/h5-8,12-13H,4,9-11H2,1-3H3,(H2,18,19,22)/t13-/m1/s1. The van der Waals surface area contributed by atoms with Gasteiger partial charge in [-0.15, -0.1) is 0 Å². The predicted molar refractivity (Wildman–Crippen MR) is 89.7 cm³/mol. The number of hydrogen-bond donors (Lipinski definition) is 2. The molecule has 0 aliphatic carbocycles. The summed E-state index contributed by atoms with van der Waals surface area (Å²) < 4.78 is 5.40. The average molecular weight is 319 g/mol. The molecule has 2 rings (SSSR count). The molecule has 0 unspecified atom stereocenters. The summed E-state index contributed by atoms with van der Waals surface area (Å²) in [6.45, 7) is 7.72. The summed E-state index contributed by atoms with van der Waals surface area (Å²) in [4.78, 5) is 25.7. The highest BCUT2D eigenvalue weighted by Crippen LogP contribution is 2.24. The lowest BCUT2D eigenvalue weighted by Gasteiger charge is -2.18. The van der Waals surface area contributed by atoms with E-state index in [1.54, 1.807) is 4.90 Å². The Balaban J connectivity index is 1.90. The molecule has 1 saturated heterocycles. The van der Waals surface area contributed by atoms with Crippen molar-refractivity contribution >= 4 is 17.6 Å². The van der Waals surface area contributed by atoms with E-state index in [0.29, 0.717) is 32.0 Å². The largest absolute Gasteiger partial charge is 0.494 e. The van der Waals surface area contributed by atoms with Gasteiger partial charge in [-0.1, -0.05) is 13.8 Å². The van der Waals surface area contributed by atoms with Crippen LogP contribution in [0.5, 0.6) is 5.75 Å². The van der Waals surface area contributed by atoms with Gasteiger partial charge < -0.3 is 20.3 Å². The van der Waals surface area contributed by atoms with Gasteiger partial charge in [-0.3, -0.25) is 4.79 Å². The molecule has 0 aromatic heterocycles. The Labute approximate surface area is 137 Å². The van der Waals surface area contributed by atoms with E-state index in [9.17, 15) is 9.59 Å². The zero-order valence-electron chi connectivity index (χ0n) is 14.0. The van der Waals surface area contributed by atoms with Gasteiger partial charge >= 0.3 is 6.03 Å². The van der Waals surface area contributed by atoms with E-state index in [0.717, 1.165) is 11.4 Å². The highest BCUT2D eigenvalue weighted by molar-refractivity contribution is 5.96. The number of ether oxygens (including phenoxy) is 1. The summed E-state index contributed by atoms with van der Waals surface area (Å²) in [6.07, 6.45) is 0.322. The number of urea groups is 1. The molecule has 3 amide bonds. The van der Waals surface area contributed by atoms with Crippen LogP contribution in [0.2, 0.25) is 0 Å². The van der Waals surface area contributed by atoms with Crippen LogP contribution < -0.4 is 20.3 Å². The maximum absolute atomic E-state index is 12.2. The minimum Gasteiger partial charge on any atom is -0.494 e. The number of carbonyl (C=O) groups is 2. The lowest BCUT2D eigenvalue weighted by Crippen LogP contribution is -2.44. The Morgan fingerprint density at radius 3 is 2.65 bits per heavy atom. The quantitative estimate of drug-likeness (QED) is 0.844. The van der Waals surface area contributed by atoms with Gasteiger partial charge in [0.25, 0.3) is 0 Å². The van der Waals surface area contributed by atoms with Crippen molar-refractivity contribution in [1.82, 2.24) is 10.6 Å². The number of anilines is 1. The van der Waals surface area contributed by atoms with Crippen LogP contribution in [-0.4, -0.2) is 37.7 Å². The minimum atomic E-state index is -0.218. The smallest absolute Gasteiger partial charge is 0.315 e. The minimum absolute atomic E-state index is 0.0170. The van der Waals surface area contributed by atoms with Crippen LogP contribution in [0.15, 0.2) is 24.3 Å². The SMILES string of the molecule is CCOc1ccc(N2C[C@H](NC(=O)NCC(C)C)CC2=O)cc1. The fourth-order valence-corrected chi connectivity index (χ4v) is 2.48. The molecule has 1 heterocycles. The molecule has 1 atom stereocenters. The number of nitrogens with one attached hydrogen (secondary N) is 2. The van der Waals surface area contributed by atoms with Crippen molar-refractivity contribution < 1.29 is 14.3 Å². The van der Waals surface area contributed by atoms with Crippen molar-refractivity contribution in [3.8, 4) is 5.75 Å². The number of benzene rings is 1. The van der Waals surface area contributed by atoms with Crippen LogP contribution in [-0.2, 0) is 4.79 Å². The molecular weight excluding hydrogens is 294 g/mol. The van der Waals surface area contributed by atoms with Crippen molar-refractivity contribution in [2.24, 2.45) is 5.92 Å². The Morgan fingerprint density at radius 2 is 2.04 bits per heavy atom. The number of hydrogen-bond acceptors (Lipinski definition) is 3. The molecule has 1 aromatic rings. The van der Waals surface area contributed by atoms with Gasteiger partial charge in [-0.2, -0.15) is 0 Å². The molecule has 0 radical (unpaired) electrons. The zero-order chi connectivity index (χ0) is 16.8. The van der Waals surface area contributed by atoms with Gasteiger partial charge in [-0.05, 0) is 37.1 Å². The van der Waals surface area contributed by atoms with E-state index in [2.05, 4.69) is 10.6 Å². The normalized spacial score (nSPS) is 17.5. The molecule has 1 fully saturated rings. The van der Waals surface area contributed by atoms with Crippen LogP contribution >= 0.6 is 0 Å². The first-order valence-corrected chi connectivity index (χ1v) is 8.07. The Hall–Kier alpha value is -2.24. The van der Waals surface area contributed by atoms with Crippen molar-refractivity contribution in [2.75, 3.05) is 24.6 Å². The van der Waals surface area contributed by atoms with Gasteiger partial charge in [0.1, 0.15) is 5.75 Å². The highest BCUT2D eigenvalue weighted by Gasteiger charge is 2.31. The van der Waals surface area contributed by atoms with Gasteiger partial charge in [0.05, 0.1) is 12.6 Å². The first-order valence-electron chi connectivity index (χ1n) is 8.07. The van der Waals surface area contributed by atoms with Crippen LogP contribution in [0.4, 0.5) is 10.5 Å². The summed E-state index contributed by atoms with van der Waals surface area (Å²) in [5.74, 6) is 1.19. The van der Waals surface area contributed by atoms with E-state index in [1.165, 1.54) is 0 Å². The predicted octanol–water partition coefficient (Wildman–Crippen LogP) is 2.15. The lowest BCUT2D eigenvalue weighted by atomic mass is 10.2. The monoisotopic (exact) mass is 319 g/mol. The lowest BCUT2D eigenvalue weighted by molar-refractivity contribution is -0.117. The molecule has 0 spiro atoms. The fraction of sp³-hybridized carbons (Fsp3) is 0.529. The van der Waals surface area contributed by atoms with Crippen molar-refractivity contribution in [3.05, 3.63) is 24.3 Å². The van der Waals surface area contributed by atoms with Crippen LogP contribution in [0.3, 0.4) is 0 Å². The van der Waals surface area contributed by atoms with E-state index in [1.807, 2.05) is 45.0 Å². The van der Waals surface area contributed by atoms with E-state index in [4.69, 9.17) is 4.74 Å². The second-order valence-corrected chi connectivity index (χ2v) is 6.08. The summed E-state index contributed by atoms with van der Waals surface area (Å²) >= 11 is 0. The molecule has 23 heavy (non-hydrogen) atoms. The molecule has 0 saturated carbocycles. The van der Waals surface area contributed by atoms with Gasteiger partial charge in [-0.25, -0.2) is 4.79 Å². The molecule has 6 nitrogen and oxygen atoms in total. The molecule has 0 bridgehead atoms. The number of nitrogens with zero attached hydrogens (tertiary/aromatic N) is 1. The topological polar surface area (TPSA) is 70.7 Å². The van der Waals surface area contributed by atoms with Gasteiger partial charge in [0, 0.05) is 25.2 Å². The molecule has 1 aromatic carbocycles. The first-order chi connectivity index (χ1) is 11.0. The molecule has 2 N–H and O–H groups in total. The third-order valence-corrected chi connectivity index (χ3v) is 3.59. The summed E-state index contributed by atoms with van der Waals surface area (Å²) in [7, 11) is 0. The average Bonchev–Trinajstić information content (AvgIpc) is 2.87. The maximum atomic E-state index is 12.2. The number of carbonyl (C=O) groups excluding carboxylic acids is 2. The number of rotatable bonds is 6. The second-order valence-electron chi connectivity index (χ2n) is 6.08. The van der Waals surface area contributed by atoms with E-state index in [-0.39, 0.29) is 18.0 Å². The molecule has 126 valence electrons. The third-order valence-electron chi connectivity index (χ3n) is 3.59. The highest BCUT2D eigenvalue weighted by atomic mass is 16.5. The van der Waals surface area contributed by atoms with Gasteiger partial charge in [0.2, 0.25) is 5.91 Å². The third kappa shape index (κ3) is 4.87. The summed E-state index contributed by atoms with van der Waals surface area (Å²) in [6, 6.07) is 7.05. The number of amides is 3. The van der Waals surface area contributed by atoms with E-state index < -0.39 is 0 Å². The zero-order valence-corrected chi connectivity index (χ0v) is 14.0. The Kier molecular flexibility index (Phi) is 5.84. The first kappa shape index (κ1) is 17.1. The molecular formula is C17H25N3O3. The van der Waals surface area contributed by atoms with Crippen molar-refractivity contribution in [3.63, 3.8) is 0 Å². The fourth-order valence-electron chi connectivity index (χ4n) is 2.48. The summed E-state index contributed by atoms with van der Waals surface area (Å²) in [5.41, 5.74) is 0.824. The molecule has 1 aliphatic rings. The van der Waals surface area contributed by atoms with Crippen molar-refractivity contribution in [1.29, 1.82) is 0 Å².